The van der Waals surface area contributed by atoms with Gasteiger partial charge in [0.2, 0.25) is 12.7 Å². The van der Waals surface area contributed by atoms with Gasteiger partial charge in [0, 0.05) is 19.0 Å². The molecule has 2 heterocycles. The number of allylic oxidation sites excluding steroid dienone is 1. The predicted molar refractivity (Wildman–Crippen MR) is 104 cm³/mol. The van der Waals surface area contributed by atoms with Crippen LogP contribution >= 0.6 is 0 Å². The highest BCUT2D eigenvalue weighted by Gasteiger charge is 2.52. The van der Waals surface area contributed by atoms with Crippen LogP contribution in [0.4, 0.5) is 0 Å². The van der Waals surface area contributed by atoms with E-state index in [1.54, 1.807) is 23.5 Å². The Hall–Kier alpha value is -2.96. The summed E-state index contributed by atoms with van der Waals surface area (Å²) in [6, 6.07) is 5.95. The number of nitrogens with zero attached hydrogens (tertiary/aromatic N) is 2. The highest BCUT2D eigenvalue weighted by molar-refractivity contribution is 5.96. The van der Waals surface area contributed by atoms with Gasteiger partial charge in [-0.2, -0.15) is 5.10 Å². The molecule has 29 heavy (non-hydrogen) atoms. The summed E-state index contributed by atoms with van der Waals surface area (Å²) < 4.78 is 18.4. The van der Waals surface area contributed by atoms with E-state index in [-0.39, 0.29) is 18.7 Å². The average Bonchev–Trinajstić information content (AvgIpc) is 3.32. The van der Waals surface area contributed by atoms with Crippen LogP contribution in [0.25, 0.3) is 0 Å². The number of benzene rings is 1. The topological polar surface area (TPSA) is 74.6 Å². The number of nitrogens with one attached hydrogen (secondary N) is 1. The Balaban J connectivity index is 1.17. The second-order valence-electron chi connectivity index (χ2n) is 8.44. The van der Waals surface area contributed by atoms with Gasteiger partial charge in [0.15, 0.2) is 11.5 Å². The first-order chi connectivity index (χ1) is 14.2. The maximum absolute atomic E-state index is 13.1. The molecule has 4 aliphatic carbocycles. The van der Waals surface area contributed by atoms with Gasteiger partial charge in [0.05, 0.1) is 6.20 Å². The van der Waals surface area contributed by atoms with E-state index in [1.165, 1.54) is 12.8 Å². The van der Waals surface area contributed by atoms with Crippen LogP contribution in [0.5, 0.6) is 17.4 Å². The number of amides is 1. The number of rotatable bonds is 5. The molecule has 7 rings (SSSR count). The smallest absolute Gasteiger partial charge is 0.258 e. The van der Waals surface area contributed by atoms with Gasteiger partial charge in [-0.1, -0.05) is 17.7 Å². The Bertz CT molecular complexity index is 1030. The van der Waals surface area contributed by atoms with E-state index in [1.807, 2.05) is 18.2 Å². The maximum Gasteiger partial charge on any atom is 0.258 e. The lowest BCUT2D eigenvalue weighted by Crippen LogP contribution is -2.58. The SMILES string of the molecule is Cn1ncc(C(=O)NC2C3CC=C4C(C3)CC42)c1OCc1ccc2c(c1)OCO2. The van der Waals surface area contributed by atoms with Crippen LogP contribution in [-0.2, 0) is 13.7 Å². The summed E-state index contributed by atoms with van der Waals surface area (Å²) in [6.45, 7) is 0.562. The van der Waals surface area contributed by atoms with Crippen molar-refractivity contribution < 1.29 is 19.0 Å². The third-order valence-corrected chi connectivity index (χ3v) is 6.86. The molecule has 1 aromatic heterocycles. The van der Waals surface area contributed by atoms with Crippen LogP contribution in [0, 0.1) is 17.8 Å². The molecule has 1 N–H and O–H groups in total. The monoisotopic (exact) mass is 393 g/mol. The maximum atomic E-state index is 13.1. The van der Waals surface area contributed by atoms with Gasteiger partial charge in [-0.25, -0.2) is 4.68 Å². The van der Waals surface area contributed by atoms with Crippen molar-refractivity contribution in [2.24, 2.45) is 24.8 Å². The molecule has 1 aromatic carbocycles. The van der Waals surface area contributed by atoms with Crippen molar-refractivity contribution in [3.8, 4) is 17.4 Å². The van der Waals surface area contributed by atoms with Crippen LogP contribution in [0.2, 0.25) is 0 Å². The van der Waals surface area contributed by atoms with E-state index in [4.69, 9.17) is 14.2 Å². The van der Waals surface area contributed by atoms with Crippen molar-refractivity contribution >= 4 is 5.91 Å². The standard InChI is InChI=1S/C22H23N3O4/c1-25-22(27-10-12-2-5-18-19(6-12)29-11-28-18)17(9-23-25)21(26)24-20-13-3-4-15-14(7-13)8-16(15)20/h2,4-6,9,13-14,16,20H,3,7-8,10-11H2,1H3,(H,24,26). The Labute approximate surface area is 168 Å². The number of carbonyl (C=O) groups excluding carboxylic acids is 1. The van der Waals surface area contributed by atoms with E-state index < -0.39 is 0 Å². The second kappa shape index (κ2) is 6.27. The first-order valence-electron chi connectivity index (χ1n) is 10.2. The summed E-state index contributed by atoms with van der Waals surface area (Å²) in [5.74, 6) is 3.72. The zero-order valence-corrected chi connectivity index (χ0v) is 16.3. The van der Waals surface area contributed by atoms with Crippen LogP contribution in [0.3, 0.4) is 0 Å². The molecule has 2 aromatic rings. The largest absolute Gasteiger partial charge is 0.472 e. The third kappa shape index (κ3) is 2.63. The molecule has 4 bridgehead atoms. The van der Waals surface area contributed by atoms with Gasteiger partial charge in [0.1, 0.15) is 12.2 Å². The average molecular weight is 393 g/mol. The minimum atomic E-state index is -0.0969. The molecule has 0 radical (unpaired) electrons. The van der Waals surface area contributed by atoms with Crippen molar-refractivity contribution in [2.45, 2.75) is 31.9 Å². The van der Waals surface area contributed by atoms with Gasteiger partial charge >= 0.3 is 0 Å². The minimum absolute atomic E-state index is 0.0969. The van der Waals surface area contributed by atoms with Crippen LogP contribution in [0.1, 0.15) is 35.2 Å². The number of aryl methyl sites for hydroxylation is 1. The Kier molecular flexibility index (Phi) is 3.66. The summed E-state index contributed by atoms with van der Waals surface area (Å²) >= 11 is 0. The number of aromatic nitrogens is 2. The van der Waals surface area contributed by atoms with Crippen LogP contribution < -0.4 is 19.5 Å². The summed E-state index contributed by atoms with van der Waals surface area (Å²) in [4.78, 5) is 13.1. The fourth-order valence-electron chi connectivity index (χ4n) is 5.38. The quantitative estimate of drug-likeness (QED) is 0.791. The molecule has 4 atom stereocenters. The molecular formula is C22H23N3O4. The Morgan fingerprint density at radius 1 is 1.31 bits per heavy atom. The molecule has 1 amide bonds. The molecule has 7 heteroatoms. The predicted octanol–water partition coefficient (Wildman–Crippen LogP) is 2.81. The molecular weight excluding hydrogens is 370 g/mol. The zero-order valence-electron chi connectivity index (χ0n) is 16.3. The first-order valence-corrected chi connectivity index (χ1v) is 10.2. The molecule has 2 saturated carbocycles. The highest BCUT2D eigenvalue weighted by atomic mass is 16.7. The van der Waals surface area contributed by atoms with Gasteiger partial charge < -0.3 is 19.5 Å². The molecule has 0 spiro atoms. The van der Waals surface area contributed by atoms with Crippen LogP contribution in [-0.4, -0.2) is 28.5 Å². The zero-order chi connectivity index (χ0) is 19.5. The highest BCUT2D eigenvalue weighted by Crippen LogP contribution is 2.57. The summed E-state index contributed by atoms with van der Waals surface area (Å²) in [7, 11) is 1.79. The Morgan fingerprint density at radius 3 is 3.03 bits per heavy atom. The second-order valence-corrected chi connectivity index (χ2v) is 8.44. The minimum Gasteiger partial charge on any atom is -0.472 e. The van der Waals surface area contributed by atoms with Gasteiger partial charge in [-0.05, 0) is 48.8 Å². The molecule has 0 saturated heterocycles. The number of ether oxygens (including phenoxy) is 3. The van der Waals surface area contributed by atoms with Crippen LogP contribution in [0.15, 0.2) is 36.0 Å². The van der Waals surface area contributed by atoms with E-state index in [2.05, 4.69) is 16.5 Å². The number of hydrogen-bond donors (Lipinski definition) is 1. The first kappa shape index (κ1) is 16.9. The normalized spacial score (nSPS) is 28.0. The van der Waals surface area contributed by atoms with Crippen molar-refractivity contribution in [1.29, 1.82) is 0 Å². The van der Waals surface area contributed by atoms with Gasteiger partial charge in [-0.3, -0.25) is 4.79 Å². The third-order valence-electron chi connectivity index (χ3n) is 6.86. The van der Waals surface area contributed by atoms with E-state index in [9.17, 15) is 4.79 Å². The fourth-order valence-corrected chi connectivity index (χ4v) is 5.38. The molecule has 1 aliphatic heterocycles. The summed E-state index contributed by atoms with van der Waals surface area (Å²) in [5, 5.41) is 7.54. The Morgan fingerprint density at radius 2 is 2.21 bits per heavy atom. The van der Waals surface area contributed by atoms with Crippen molar-refractivity contribution in [3.05, 3.63) is 47.2 Å². The molecule has 150 valence electrons. The number of carbonyl (C=O) groups is 1. The molecule has 2 fully saturated rings. The summed E-state index contributed by atoms with van der Waals surface area (Å²) in [5.41, 5.74) is 3.00. The lowest BCUT2D eigenvalue weighted by molar-refractivity contribution is 0.0624. The lowest BCUT2D eigenvalue weighted by atomic mass is 9.51. The fraction of sp³-hybridized carbons (Fsp3) is 0.455. The van der Waals surface area contributed by atoms with Crippen molar-refractivity contribution in [2.75, 3.05) is 6.79 Å². The molecule has 5 aliphatic rings. The van der Waals surface area contributed by atoms with E-state index in [0.29, 0.717) is 29.9 Å². The van der Waals surface area contributed by atoms with Crippen molar-refractivity contribution in [3.63, 3.8) is 0 Å². The molecule has 4 unspecified atom stereocenters. The van der Waals surface area contributed by atoms with Gasteiger partial charge in [0.25, 0.3) is 5.91 Å². The van der Waals surface area contributed by atoms with E-state index in [0.717, 1.165) is 29.4 Å². The van der Waals surface area contributed by atoms with E-state index >= 15 is 0 Å². The molecule has 7 nitrogen and oxygen atoms in total. The van der Waals surface area contributed by atoms with Crippen molar-refractivity contribution in [1.82, 2.24) is 15.1 Å². The lowest BCUT2D eigenvalue weighted by Gasteiger charge is -2.56. The number of fused-ring (bicyclic) bond motifs is 2. The number of hydrogen-bond acceptors (Lipinski definition) is 5. The summed E-state index contributed by atoms with van der Waals surface area (Å²) in [6.07, 6.45) is 7.52. The van der Waals surface area contributed by atoms with Gasteiger partial charge in [-0.15, -0.1) is 0 Å².